The van der Waals surface area contributed by atoms with Gasteiger partial charge in [0.15, 0.2) is 0 Å². The molecule has 50 heavy (non-hydrogen) atoms. The van der Waals surface area contributed by atoms with Crippen molar-refractivity contribution in [1.29, 1.82) is 0 Å². The zero-order chi connectivity index (χ0) is 33.0. The van der Waals surface area contributed by atoms with Gasteiger partial charge in [-0.1, -0.05) is 146 Å². The van der Waals surface area contributed by atoms with E-state index in [1.54, 1.807) is 22.7 Å². The number of hydrogen-bond donors (Lipinski definition) is 0. The molecule has 10 rings (SSSR count). The summed E-state index contributed by atoms with van der Waals surface area (Å²) >= 11 is 3.34. The first-order chi connectivity index (χ1) is 24.8. The van der Waals surface area contributed by atoms with Crippen LogP contribution in [0.15, 0.2) is 169 Å². The van der Waals surface area contributed by atoms with Crippen molar-refractivity contribution in [1.82, 2.24) is 9.97 Å². The lowest BCUT2D eigenvalue weighted by Crippen LogP contribution is -1.94. The van der Waals surface area contributed by atoms with Gasteiger partial charge in [-0.15, -0.1) is 22.7 Å². The SMILES string of the molecule is c1ccc2c(-c3c4ccccc4c(-c4ccc(-c5cncs5)cc4)c4ccccc34)c3ccccc3c(-c3ccc(-c4cncs4)cc3)c2c1. The van der Waals surface area contributed by atoms with Gasteiger partial charge >= 0.3 is 0 Å². The Hall–Kier alpha value is -5.94. The van der Waals surface area contributed by atoms with E-state index in [0.717, 1.165) is 0 Å². The average molecular weight is 673 g/mol. The van der Waals surface area contributed by atoms with Gasteiger partial charge < -0.3 is 0 Å². The van der Waals surface area contributed by atoms with E-state index in [0.29, 0.717) is 0 Å². The van der Waals surface area contributed by atoms with Crippen LogP contribution in [0.4, 0.5) is 0 Å². The molecule has 0 unspecified atom stereocenters. The van der Waals surface area contributed by atoms with E-state index in [9.17, 15) is 0 Å². The number of fused-ring (bicyclic) bond motifs is 4. The molecule has 4 heteroatoms. The van der Waals surface area contributed by atoms with Gasteiger partial charge in [-0.2, -0.15) is 0 Å². The van der Waals surface area contributed by atoms with Gasteiger partial charge in [0.2, 0.25) is 0 Å². The molecule has 2 nitrogen and oxygen atoms in total. The predicted octanol–water partition coefficient (Wildman–Crippen LogP) is 13.5. The van der Waals surface area contributed by atoms with Crippen molar-refractivity contribution in [2.24, 2.45) is 0 Å². The highest BCUT2D eigenvalue weighted by Crippen LogP contribution is 2.50. The summed E-state index contributed by atoms with van der Waals surface area (Å²) in [6.07, 6.45) is 3.88. The summed E-state index contributed by atoms with van der Waals surface area (Å²) in [4.78, 5) is 11.0. The Morgan fingerprint density at radius 1 is 0.280 bits per heavy atom. The number of hydrogen-bond acceptors (Lipinski definition) is 4. The molecule has 2 aromatic heterocycles. The highest BCUT2D eigenvalue weighted by atomic mass is 32.1. The summed E-state index contributed by atoms with van der Waals surface area (Å²) < 4.78 is 0. The predicted molar refractivity (Wildman–Crippen MR) is 215 cm³/mol. The molecule has 2 heterocycles. The molecule has 0 aliphatic carbocycles. The number of thiazole rings is 2. The molecule has 0 spiro atoms. The molecule has 8 aromatic carbocycles. The van der Waals surface area contributed by atoms with Gasteiger partial charge in [0, 0.05) is 12.4 Å². The monoisotopic (exact) mass is 672 g/mol. The van der Waals surface area contributed by atoms with E-state index in [-0.39, 0.29) is 0 Å². The lowest BCUT2D eigenvalue weighted by atomic mass is 9.81. The fourth-order valence-corrected chi connectivity index (χ4v) is 8.99. The van der Waals surface area contributed by atoms with Crippen LogP contribution in [0.5, 0.6) is 0 Å². The fraction of sp³-hybridized carbons (Fsp3) is 0. The Kier molecular flexibility index (Phi) is 6.90. The van der Waals surface area contributed by atoms with Crippen molar-refractivity contribution in [3.05, 3.63) is 169 Å². The van der Waals surface area contributed by atoms with Crippen LogP contribution in [0, 0.1) is 0 Å². The van der Waals surface area contributed by atoms with Crippen LogP contribution in [0.25, 0.3) is 97.4 Å². The number of benzene rings is 8. The van der Waals surface area contributed by atoms with Crippen LogP contribution in [-0.4, -0.2) is 9.97 Å². The number of rotatable bonds is 5. The molecular weight excluding hydrogens is 645 g/mol. The zero-order valence-electron chi connectivity index (χ0n) is 26.9. The molecule has 0 saturated heterocycles. The van der Waals surface area contributed by atoms with E-state index >= 15 is 0 Å². The van der Waals surface area contributed by atoms with Crippen molar-refractivity contribution >= 4 is 65.8 Å². The van der Waals surface area contributed by atoms with Crippen LogP contribution in [0.2, 0.25) is 0 Å². The minimum Gasteiger partial charge on any atom is -0.252 e. The molecule has 234 valence electrons. The zero-order valence-corrected chi connectivity index (χ0v) is 28.5. The van der Waals surface area contributed by atoms with Crippen LogP contribution in [0.3, 0.4) is 0 Å². The van der Waals surface area contributed by atoms with E-state index in [2.05, 4.69) is 156 Å². The van der Waals surface area contributed by atoms with Crippen molar-refractivity contribution in [2.45, 2.75) is 0 Å². The lowest BCUT2D eigenvalue weighted by Gasteiger charge is -2.22. The number of aromatic nitrogens is 2. The highest BCUT2D eigenvalue weighted by molar-refractivity contribution is 7.13. The van der Waals surface area contributed by atoms with Crippen molar-refractivity contribution in [3.63, 3.8) is 0 Å². The molecule has 0 aliphatic rings. The second kappa shape index (κ2) is 11.9. The van der Waals surface area contributed by atoms with Crippen LogP contribution in [-0.2, 0) is 0 Å². The van der Waals surface area contributed by atoms with Crippen LogP contribution < -0.4 is 0 Å². The Labute approximate surface area is 297 Å². The first-order valence-corrected chi connectivity index (χ1v) is 18.5. The summed E-state index contributed by atoms with van der Waals surface area (Å²) in [6.45, 7) is 0. The van der Waals surface area contributed by atoms with Gasteiger partial charge in [0.1, 0.15) is 0 Å². The van der Waals surface area contributed by atoms with Gasteiger partial charge in [-0.25, -0.2) is 0 Å². The second-order valence-corrected chi connectivity index (χ2v) is 14.3. The van der Waals surface area contributed by atoms with Gasteiger partial charge in [0.25, 0.3) is 0 Å². The van der Waals surface area contributed by atoms with Gasteiger partial charge in [0.05, 0.1) is 20.8 Å². The molecule has 0 aliphatic heterocycles. The molecule has 0 saturated carbocycles. The summed E-state index contributed by atoms with van der Waals surface area (Å²) in [5.41, 5.74) is 13.7. The molecule has 10 aromatic rings. The molecule has 0 radical (unpaired) electrons. The Bertz CT molecular complexity index is 2520. The Balaban J connectivity index is 1.27. The van der Waals surface area contributed by atoms with Crippen molar-refractivity contribution in [2.75, 3.05) is 0 Å². The topological polar surface area (TPSA) is 25.8 Å². The smallest absolute Gasteiger partial charge is 0.0797 e. The Morgan fingerprint density at radius 2 is 0.540 bits per heavy atom. The normalized spacial score (nSPS) is 11.6. The summed E-state index contributed by atoms with van der Waals surface area (Å²) in [5, 5.41) is 10.0. The van der Waals surface area contributed by atoms with Crippen LogP contribution >= 0.6 is 22.7 Å². The molecule has 0 amide bonds. The quantitative estimate of drug-likeness (QED) is 0.170. The van der Waals surface area contributed by atoms with E-state index in [4.69, 9.17) is 0 Å². The third-order valence-electron chi connectivity index (χ3n) is 9.89. The maximum absolute atomic E-state index is 4.29. The van der Waals surface area contributed by atoms with Crippen LogP contribution in [0.1, 0.15) is 0 Å². The number of nitrogens with zero attached hydrogens (tertiary/aromatic N) is 2. The molecule has 0 bridgehead atoms. The lowest BCUT2D eigenvalue weighted by molar-refractivity contribution is 1.42. The molecule has 0 fully saturated rings. The standard InChI is InChI=1S/C46H28N2S2/c1-5-13-37-33(9-1)43(31-21-17-29(18-22-31)41-25-47-27-49-41)34-10-2-6-14-38(34)45(37)46-39-15-7-3-11-35(39)44(36-12-4-8-16-40(36)46)32-23-19-30(20-24-32)42-26-48-28-50-42/h1-28H. The maximum atomic E-state index is 4.29. The third kappa shape index (κ3) is 4.61. The van der Waals surface area contributed by atoms with Gasteiger partial charge in [-0.05, 0) is 87.6 Å². The van der Waals surface area contributed by atoms with E-state index in [1.165, 1.54) is 97.4 Å². The fourth-order valence-electron chi connectivity index (χ4n) is 7.74. The first-order valence-electron chi connectivity index (χ1n) is 16.7. The first kappa shape index (κ1) is 29.0. The highest BCUT2D eigenvalue weighted by Gasteiger charge is 2.22. The summed E-state index contributed by atoms with van der Waals surface area (Å²) in [7, 11) is 0. The molecule has 0 atom stereocenters. The summed E-state index contributed by atoms with van der Waals surface area (Å²) in [6, 6.07) is 53.8. The second-order valence-electron chi connectivity index (χ2n) is 12.6. The minimum absolute atomic E-state index is 1.18. The van der Waals surface area contributed by atoms with Gasteiger partial charge in [-0.3, -0.25) is 9.97 Å². The Morgan fingerprint density at radius 3 is 0.800 bits per heavy atom. The molecule has 0 N–H and O–H groups in total. The largest absolute Gasteiger partial charge is 0.252 e. The molecular formula is C46H28N2S2. The summed E-state index contributed by atoms with van der Waals surface area (Å²) in [5.74, 6) is 0. The van der Waals surface area contributed by atoms with E-state index in [1.807, 2.05) is 23.4 Å². The minimum atomic E-state index is 1.18. The van der Waals surface area contributed by atoms with Crippen molar-refractivity contribution < 1.29 is 0 Å². The van der Waals surface area contributed by atoms with Crippen molar-refractivity contribution in [3.8, 4) is 54.3 Å². The van der Waals surface area contributed by atoms with E-state index < -0.39 is 0 Å². The third-order valence-corrected chi connectivity index (χ3v) is 11.5. The average Bonchev–Trinajstić information content (AvgIpc) is 3.93. The maximum Gasteiger partial charge on any atom is 0.0797 e.